The van der Waals surface area contributed by atoms with Crippen LogP contribution in [-0.4, -0.2) is 16.0 Å². The third-order valence-corrected chi connectivity index (χ3v) is 6.77. The zero-order valence-corrected chi connectivity index (χ0v) is 18.3. The fraction of sp³-hybridized carbons (Fsp3) is 0.120. The molecule has 0 fully saturated rings. The molecule has 1 heterocycles. The van der Waals surface area contributed by atoms with Gasteiger partial charge in [-0.15, -0.1) is 0 Å². The van der Waals surface area contributed by atoms with Gasteiger partial charge in [-0.2, -0.15) is 0 Å². The molecule has 1 unspecified atom stereocenters. The highest BCUT2D eigenvalue weighted by Gasteiger charge is 2.43. The van der Waals surface area contributed by atoms with E-state index in [9.17, 15) is 13.8 Å². The maximum absolute atomic E-state index is 12.0. The molecule has 7 nitrogen and oxygen atoms in total. The lowest BCUT2D eigenvalue weighted by Crippen LogP contribution is -2.37. The van der Waals surface area contributed by atoms with Crippen molar-refractivity contribution in [2.45, 2.75) is 18.6 Å². The van der Waals surface area contributed by atoms with Crippen LogP contribution in [0, 0.1) is 0 Å². The first-order chi connectivity index (χ1) is 15.9. The van der Waals surface area contributed by atoms with E-state index in [1.165, 1.54) is 6.08 Å². The van der Waals surface area contributed by atoms with Crippen LogP contribution in [0.4, 0.5) is 0 Å². The van der Waals surface area contributed by atoms with Gasteiger partial charge in [0.2, 0.25) is 5.91 Å². The van der Waals surface area contributed by atoms with Crippen LogP contribution in [0.3, 0.4) is 0 Å². The average Bonchev–Trinajstić information content (AvgIpc) is 3.34. The van der Waals surface area contributed by atoms with Gasteiger partial charge in [-0.1, -0.05) is 42.5 Å². The molecule has 0 saturated carbocycles. The highest BCUT2D eigenvalue weighted by Crippen LogP contribution is 2.42. The molecule has 166 valence electrons. The number of hydrogen-bond acceptors (Lipinski definition) is 5. The Morgan fingerprint density at radius 3 is 2.45 bits per heavy atom. The van der Waals surface area contributed by atoms with E-state index in [1.807, 2.05) is 24.3 Å². The summed E-state index contributed by atoms with van der Waals surface area (Å²) in [6.45, 7) is 0. The van der Waals surface area contributed by atoms with Crippen LogP contribution in [0.1, 0.15) is 33.5 Å². The van der Waals surface area contributed by atoms with Crippen LogP contribution in [0.5, 0.6) is 11.5 Å². The second kappa shape index (κ2) is 8.22. The van der Waals surface area contributed by atoms with Gasteiger partial charge >= 0.3 is 0 Å². The predicted molar refractivity (Wildman–Crippen MR) is 123 cm³/mol. The Morgan fingerprint density at radius 1 is 0.970 bits per heavy atom. The van der Waals surface area contributed by atoms with Crippen molar-refractivity contribution in [3.05, 3.63) is 101 Å². The number of fused-ring (bicyclic) bond motifs is 1. The number of nitrogens with one attached hydrogen (secondary N) is 1. The molecule has 0 aromatic heterocycles. The van der Waals surface area contributed by atoms with Crippen molar-refractivity contribution in [2.75, 3.05) is 0 Å². The fourth-order valence-corrected chi connectivity index (χ4v) is 5.01. The van der Waals surface area contributed by atoms with Gasteiger partial charge in [0.05, 0.1) is 4.91 Å². The number of primary amides is 1. The number of hydrogen-bond donors (Lipinski definition) is 2. The third kappa shape index (κ3) is 4.01. The first-order valence-electron chi connectivity index (χ1n) is 10.3. The molecule has 1 aliphatic carbocycles. The Labute approximate surface area is 192 Å². The summed E-state index contributed by atoms with van der Waals surface area (Å²) in [7, 11) is -1.56. The van der Waals surface area contributed by atoms with Crippen molar-refractivity contribution in [1.82, 2.24) is 4.72 Å². The SMILES string of the molecule is NC(=O)c1cccc(O[C@]2(Oc3ccc(C4=CC(=O)NS4=O)cc3)CCc3ccccc32)c1. The minimum Gasteiger partial charge on any atom is -0.448 e. The Morgan fingerprint density at radius 2 is 1.73 bits per heavy atom. The van der Waals surface area contributed by atoms with Crippen molar-refractivity contribution in [3.63, 3.8) is 0 Å². The lowest BCUT2D eigenvalue weighted by molar-refractivity contribution is -0.119. The Balaban J connectivity index is 1.48. The number of nitrogens with two attached hydrogens (primary N) is 1. The zero-order valence-electron chi connectivity index (χ0n) is 17.4. The van der Waals surface area contributed by atoms with E-state index >= 15 is 0 Å². The van der Waals surface area contributed by atoms with Crippen LogP contribution in [0.2, 0.25) is 0 Å². The molecule has 0 bridgehead atoms. The van der Waals surface area contributed by atoms with Crippen LogP contribution >= 0.6 is 0 Å². The molecule has 8 heteroatoms. The highest BCUT2D eigenvalue weighted by atomic mass is 32.2. The number of aryl methyl sites for hydroxylation is 1. The molecule has 3 N–H and O–H groups in total. The predicted octanol–water partition coefficient (Wildman–Crippen LogP) is 3.18. The standard InChI is InChI=1S/C25H20N2O5S/c26-24(29)18-5-3-6-20(14-18)32-25(13-12-16-4-1-2-7-21(16)25)31-19-10-8-17(9-11-19)22-15-23(28)27-33(22)30/h1-11,14-15H,12-13H2,(H2,26,29)(H,27,28)/t25-,33?/m1/s1. The van der Waals surface area contributed by atoms with Crippen molar-refractivity contribution in [1.29, 1.82) is 0 Å². The number of rotatable bonds is 6. The van der Waals surface area contributed by atoms with Gasteiger partial charge in [-0.25, -0.2) is 4.21 Å². The third-order valence-electron chi connectivity index (χ3n) is 5.63. The number of benzene rings is 3. The van der Waals surface area contributed by atoms with Crippen LogP contribution < -0.4 is 19.9 Å². The normalized spacial score (nSPS) is 21.2. The summed E-state index contributed by atoms with van der Waals surface area (Å²) < 4.78 is 27.2. The van der Waals surface area contributed by atoms with Crippen molar-refractivity contribution >= 4 is 27.7 Å². The summed E-state index contributed by atoms with van der Waals surface area (Å²) in [5, 5.41) is 0. The van der Waals surface area contributed by atoms with Gasteiger partial charge < -0.3 is 15.2 Å². The maximum Gasteiger partial charge on any atom is 0.278 e. The molecule has 2 atom stereocenters. The summed E-state index contributed by atoms with van der Waals surface area (Å²) in [5.41, 5.74) is 8.47. The van der Waals surface area contributed by atoms with E-state index in [-0.39, 0.29) is 5.91 Å². The van der Waals surface area contributed by atoms with E-state index in [4.69, 9.17) is 15.2 Å². The summed E-state index contributed by atoms with van der Waals surface area (Å²) >= 11 is 0. The second-order valence-corrected chi connectivity index (χ2v) is 8.96. The molecular weight excluding hydrogens is 440 g/mol. The molecule has 3 aromatic carbocycles. The van der Waals surface area contributed by atoms with Crippen molar-refractivity contribution in [3.8, 4) is 11.5 Å². The average molecular weight is 461 g/mol. The molecule has 1 aliphatic heterocycles. The van der Waals surface area contributed by atoms with E-state index in [0.717, 1.165) is 17.5 Å². The molecule has 0 radical (unpaired) electrons. The molecule has 2 aliphatic rings. The lowest BCUT2D eigenvalue weighted by Gasteiger charge is -2.32. The largest absolute Gasteiger partial charge is 0.448 e. The Kier molecular flexibility index (Phi) is 5.22. The minimum absolute atomic E-state index is 0.347. The first-order valence-corrected chi connectivity index (χ1v) is 11.5. The van der Waals surface area contributed by atoms with Crippen LogP contribution in [0.25, 0.3) is 4.91 Å². The van der Waals surface area contributed by atoms with E-state index < -0.39 is 22.7 Å². The summed E-state index contributed by atoms with van der Waals surface area (Å²) in [4.78, 5) is 23.5. The summed E-state index contributed by atoms with van der Waals surface area (Å²) in [6.07, 6.45) is 2.67. The molecule has 2 amide bonds. The number of amides is 2. The number of ether oxygens (including phenoxy) is 2. The highest BCUT2D eigenvalue weighted by molar-refractivity contribution is 7.93. The van der Waals surface area contributed by atoms with E-state index in [1.54, 1.807) is 48.5 Å². The molecular formula is C25H20N2O5S. The van der Waals surface area contributed by atoms with Crippen LogP contribution in [0.15, 0.2) is 78.9 Å². The second-order valence-electron chi connectivity index (χ2n) is 7.77. The monoisotopic (exact) mass is 460 g/mol. The molecule has 5 rings (SSSR count). The molecule has 0 spiro atoms. The van der Waals surface area contributed by atoms with Gasteiger partial charge in [0.1, 0.15) is 11.5 Å². The molecule has 3 aromatic rings. The van der Waals surface area contributed by atoms with Gasteiger partial charge in [-0.3, -0.25) is 14.3 Å². The van der Waals surface area contributed by atoms with Crippen molar-refractivity contribution < 1.29 is 23.3 Å². The Bertz CT molecular complexity index is 1320. The fourth-order valence-electron chi connectivity index (χ4n) is 4.10. The smallest absolute Gasteiger partial charge is 0.278 e. The van der Waals surface area contributed by atoms with E-state index in [2.05, 4.69) is 4.72 Å². The summed E-state index contributed by atoms with van der Waals surface area (Å²) in [6, 6.07) is 21.6. The zero-order chi connectivity index (χ0) is 23.0. The van der Waals surface area contributed by atoms with Gasteiger partial charge in [-0.05, 0) is 47.9 Å². The first kappa shape index (κ1) is 21.0. The maximum atomic E-state index is 12.0. The Hall–Kier alpha value is -3.91. The number of carbonyl (C=O) groups is 2. The van der Waals surface area contributed by atoms with Gasteiger partial charge in [0.25, 0.3) is 11.7 Å². The topological polar surface area (TPSA) is 108 Å². The minimum atomic E-state index is -1.56. The van der Waals surface area contributed by atoms with E-state index in [0.29, 0.717) is 34.0 Å². The lowest BCUT2D eigenvalue weighted by atomic mass is 10.1. The summed E-state index contributed by atoms with van der Waals surface area (Å²) in [5.74, 6) is -0.997. The number of carbonyl (C=O) groups excluding carboxylic acids is 2. The molecule has 33 heavy (non-hydrogen) atoms. The molecule has 0 saturated heterocycles. The van der Waals surface area contributed by atoms with Gasteiger partial charge in [0, 0.05) is 23.6 Å². The van der Waals surface area contributed by atoms with Crippen LogP contribution in [-0.2, 0) is 28.0 Å². The van der Waals surface area contributed by atoms with Crippen molar-refractivity contribution in [2.24, 2.45) is 5.73 Å². The quantitative estimate of drug-likeness (QED) is 0.550. The van der Waals surface area contributed by atoms with Gasteiger partial charge in [0.15, 0.2) is 11.0 Å².